The molecule has 0 aromatic heterocycles. The Labute approximate surface area is 193 Å². The second kappa shape index (κ2) is 9.20. The number of likely N-dealkylation sites (tertiary alicyclic amines) is 1. The summed E-state index contributed by atoms with van der Waals surface area (Å²) < 4.78 is 0. The number of nitrogens with one attached hydrogen (secondary N) is 2. The molecular formula is C24H29ClN4O3. The highest BCUT2D eigenvalue weighted by Gasteiger charge is 2.53. The standard InChI is InChI=1S/C24H28N4O3.ClH/c1-15-4-6-18(24(8-9-24)23(31)28-10-2-3-11-28)14-19(15)27-21(30)13-17-12-16(22(25)26)5-7-20(17)29;/h4-7,12,14,29H,2-3,8-11,13H2,1H3,(H3,25,26)(H,27,30);1H. The van der Waals surface area contributed by atoms with Crippen molar-refractivity contribution in [3.63, 3.8) is 0 Å². The van der Waals surface area contributed by atoms with Crippen molar-refractivity contribution >= 4 is 35.7 Å². The molecule has 4 rings (SSSR count). The van der Waals surface area contributed by atoms with Crippen molar-refractivity contribution in [2.45, 2.75) is 44.4 Å². The molecule has 0 radical (unpaired) electrons. The van der Waals surface area contributed by atoms with Crippen molar-refractivity contribution < 1.29 is 14.7 Å². The van der Waals surface area contributed by atoms with Crippen LogP contribution in [0.25, 0.3) is 0 Å². The third kappa shape index (κ3) is 4.58. The number of hydrogen-bond donors (Lipinski definition) is 4. The molecule has 0 atom stereocenters. The van der Waals surface area contributed by atoms with Gasteiger partial charge in [0.05, 0.1) is 11.8 Å². The van der Waals surface area contributed by atoms with Gasteiger partial charge < -0.3 is 21.1 Å². The topological polar surface area (TPSA) is 120 Å². The first-order valence-corrected chi connectivity index (χ1v) is 10.7. The highest BCUT2D eigenvalue weighted by molar-refractivity contribution is 5.97. The van der Waals surface area contributed by atoms with Crippen molar-refractivity contribution in [1.82, 2.24) is 4.90 Å². The summed E-state index contributed by atoms with van der Waals surface area (Å²) in [5, 5.41) is 20.5. The lowest BCUT2D eigenvalue weighted by Crippen LogP contribution is -2.37. The van der Waals surface area contributed by atoms with E-state index in [1.165, 1.54) is 6.07 Å². The Bertz CT molecular complexity index is 1060. The van der Waals surface area contributed by atoms with E-state index >= 15 is 0 Å². The molecule has 0 unspecified atom stereocenters. The Hall–Kier alpha value is -3.06. The molecule has 2 aromatic rings. The van der Waals surface area contributed by atoms with Crippen LogP contribution in [-0.4, -0.2) is 40.7 Å². The second-order valence-corrected chi connectivity index (χ2v) is 8.59. The van der Waals surface area contributed by atoms with Crippen molar-refractivity contribution in [2.75, 3.05) is 18.4 Å². The van der Waals surface area contributed by atoms with Crippen LogP contribution in [0.5, 0.6) is 5.75 Å². The minimum atomic E-state index is -0.453. The molecule has 0 bridgehead atoms. The van der Waals surface area contributed by atoms with Gasteiger partial charge in [-0.2, -0.15) is 0 Å². The minimum absolute atomic E-state index is 0. The lowest BCUT2D eigenvalue weighted by Gasteiger charge is -2.24. The summed E-state index contributed by atoms with van der Waals surface area (Å²) in [4.78, 5) is 27.8. The monoisotopic (exact) mass is 456 g/mol. The number of aryl methyl sites for hydroxylation is 1. The summed E-state index contributed by atoms with van der Waals surface area (Å²) in [6.07, 6.45) is 3.76. The zero-order chi connectivity index (χ0) is 22.2. The molecule has 8 heteroatoms. The number of nitrogens with two attached hydrogens (primary N) is 1. The first-order chi connectivity index (χ1) is 14.8. The lowest BCUT2D eigenvalue weighted by molar-refractivity contribution is -0.132. The molecule has 170 valence electrons. The molecule has 1 saturated heterocycles. The van der Waals surface area contributed by atoms with Crippen LogP contribution in [0, 0.1) is 12.3 Å². The second-order valence-electron chi connectivity index (χ2n) is 8.59. The lowest BCUT2D eigenvalue weighted by atomic mass is 9.92. The van der Waals surface area contributed by atoms with Crippen LogP contribution in [0.1, 0.15) is 47.9 Å². The number of phenols is 1. The fourth-order valence-electron chi connectivity index (χ4n) is 4.29. The van der Waals surface area contributed by atoms with Gasteiger partial charge in [0, 0.05) is 29.9 Å². The average molecular weight is 457 g/mol. The minimum Gasteiger partial charge on any atom is -0.508 e. The van der Waals surface area contributed by atoms with Crippen LogP contribution >= 0.6 is 12.4 Å². The van der Waals surface area contributed by atoms with Crippen molar-refractivity contribution in [3.8, 4) is 5.75 Å². The summed E-state index contributed by atoms with van der Waals surface area (Å²) in [6, 6.07) is 10.4. The molecule has 1 saturated carbocycles. The Morgan fingerprint density at radius 3 is 2.47 bits per heavy atom. The van der Waals surface area contributed by atoms with E-state index in [0.29, 0.717) is 16.8 Å². The fourth-order valence-corrected chi connectivity index (χ4v) is 4.29. The Morgan fingerprint density at radius 2 is 1.84 bits per heavy atom. The van der Waals surface area contributed by atoms with E-state index in [-0.39, 0.29) is 42.2 Å². The summed E-state index contributed by atoms with van der Waals surface area (Å²) in [5.41, 5.74) is 8.44. The van der Waals surface area contributed by atoms with Crippen LogP contribution in [0.15, 0.2) is 36.4 Å². The zero-order valence-electron chi connectivity index (χ0n) is 18.1. The van der Waals surface area contributed by atoms with E-state index in [1.54, 1.807) is 12.1 Å². The van der Waals surface area contributed by atoms with Gasteiger partial charge in [-0.15, -0.1) is 12.4 Å². The molecule has 2 aliphatic rings. The van der Waals surface area contributed by atoms with E-state index in [4.69, 9.17) is 11.1 Å². The number of phenolic OH excluding ortho intramolecular Hbond substituents is 1. The van der Waals surface area contributed by atoms with Crippen molar-refractivity contribution in [1.29, 1.82) is 5.41 Å². The first-order valence-electron chi connectivity index (χ1n) is 10.7. The third-order valence-electron chi connectivity index (χ3n) is 6.36. The number of halogens is 1. The summed E-state index contributed by atoms with van der Waals surface area (Å²) >= 11 is 0. The molecule has 2 fully saturated rings. The summed E-state index contributed by atoms with van der Waals surface area (Å²) in [7, 11) is 0. The number of carbonyl (C=O) groups excluding carboxylic acids is 2. The van der Waals surface area contributed by atoms with Crippen LogP contribution in [0.3, 0.4) is 0 Å². The van der Waals surface area contributed by atoms with Gasteiger partial charge in [-0.3, -0.25) is 15.0 Å². The normalized spacial score (nSPS) is 16.2. The summed E-state index contributed by atoms with van der Waals surface area (Å²) in [6.45, 7) is 3.58. The van der Waals surface area contributed by atoms with Gasteiger partial charge in [-0.25, -0.2) is 0 Å². The van der Waals surface area contributed by atoms with E-state index in [0.717, 1.165) is 49.9 Å². The van der Waals surface area contributed by atoms with Gasteiger partial charge >= 0.3 is 0 Å². The molecule has 1 aliphatic carbocycles. The van der Waals surface area contributed by atoms with Gasteiger partial charge in [0.1, 0.15) is 11.6 Å². The smallest absolute Gasteiger partial charge is 0.233 e. The van der Waals surface area contributed by atoms with Crippen LogP contribution < -0.4 is 11.1 Å². The predicted octanol–water partition coefficient (Wildman–Crippen LogP) is 3.24. The molecule has 7 nitrogen and oxygen atoms in total. The van der Waals surface area contributed by atoms with Gasteiger partial charge in [0.15, 0.2) is 0 Å². The molecule has 2 aromatic carbocycles. The van der Waals surface area contributed by atoms with E-state index in [9.17, 15) is 14.7 Å². The maximum absolute atomic E-state index is 13.1. The largest absolute Gasteiger partial charge is 0.508 e. The molecule has 5 N–H and O–H groups in total. The fraction of sp³-hybridized carbons (Fsp3) is 0.375. The van der Waals surface area contributed by atoms with E-state index in [2.05, 4.69) is 5.32 Å². The molecule has 2 amide bonds. The highest BCUT2D eigenvalue weighted by Crippen LogP contribution is 2.50. The Balaban J connectivity index is 0.00000289. The number of carbonyl (C=O) groups is 2. The number of benzene rings is 2. The van der Waals surface area contributed by atoms with Gasteiger partial charge in [-0.1, -0.05) is 12.1 Å². The zero-order valence-corrected chi connectivity index (χ0v) is 18.9. The molecule has 0 spiro atoms. The Morgan fingerprint density at radius 1 is 1.16 bits per heavy atom. The predicted molar refractivity (Wildman–Crippen MR) is 127 cm³/mol. The molecule has 1 aliphatic heterocycles. The maximum Gasteiger partial charge on any atom is 0.233 e. The van der Waals surface area contributed by atoms with Crippen LogP contribution in [0.4, 0.5) is 5.69 Å². The quantitative estimate of drug-likeness (QED) is 0.394. The number of nitrogen functional groups attached to an aromatic ring is 1. The maximum atomic E-state index is 13.1. The van der Waals surface area contributed by atoms with Crippen LogP contribution in [0.2, 0.25) is 0 Å². The molecule has 1 heterocycles. The van der Waals surface area contributed by atoms with Gasteiger partial charge in [-0.05, 0) is 68.0 Å². The van der Waals surface area contributed by atoms with E-state index in [1.807, 2.05) is 30.0 Å². The average Bonchev–Trinajstić information content (AvgIpc) is 3.36. The number of rotatable bonds is 6. The SMILES string of the molecule is Cc1ccc(C2(C(=O)N3CCCC3)CC2)cc1NC(=O)Cc1cc(C(=N)N)ccc1O.Cl. The van der Waals surface area contributed by atoms with Gasteiger partial charge in [0.2, 0.25) is 11.8 Å². The first kappa shape index (κ1) is 23.6. The number of anilines is 1. The van der Waals surface area contributed by atoms with Gasteiger partial charge in [0.25, 0.3) is 0 Å². The third-order valence-corrected chi connectivity index (χ3v) is 6.36. The summed E-state index contributed by atoms with van der Waals surface area (Å²) in [5.74, 6) is -0.217. The van der Waals surface area contributed by atoms with Crippen LogP contribution in [-0.2, 0) is 21.4 Å². The number of amides is 2. The molecular weight excluding hydrogens is 428 g/mol. The highest BCUT2D eigenvalue weighted by atomic mass is 35.5. The number of nitrogens with zero attached hydrogens (tertiary/aromatic N) is 1. The Kier molecular flexibility index (Phi) is 6.79. The number of amidine groups is 1. The number of hydrogen-bond acceptors (Lipinski definition) is 4. The number of aromatic hydroxyl groups is 1. The van der Waals surface area contributed by atoms with Crippen molar-refractivity contribution in [2.24, 2.45) is 5.73 Å². The van der Waals surface area contributed by atoms with E-state index < -0.39 is 5.41 Å². The van der Waals surface area contributed by atoms with Crippen molar-refractivity contribution in [3.05, 3.63) is 58.7 Å². The molecule has 32 heavy (non-hydrogen) atoms.